The number of ether oxygens (including phenoxy) is 2. The predicted octanol–water partition coefficient (Wildman–Crippen LogP) is 4.27. The predicted molar refractivity (Wildman–Crippen MR) is 103 cm³/mol. The smallest absolute Gasteiger partial charge is 0.346 e. The summed E-state index contributed by atoms with van der Waals surface area (Å²) in [6.45, 7) is 3.30. The number of hydrogen-bond donors (Lipinski definition) is 1. The van der Waals surface area contributed by atoms with E-state index in [9.17, 15) is 19.7 Å². The van der Waals surface area contributed by atoms with E-state index in [0.717, 1.165) is 0 Å². The Morgan fingerprint density at radius 1 is 1.18 bits per heavy atom. The fourth-order valence-electron chi connectivity index (χ4n) is 2.73. The maximum atomic E-state index is 12.5. The van der Waals surface area contributed by atoms with Gasteiger partial charge in [-0.2, -0.15) is 0 Å². The van der Waals surface area contributed by atoms with Gasteiger partial charge in [0.15, 0.2) is 5.56 Å². The van der Waals surface area contributed by atoms with E-state index in [0.29, 0.717) is 12.2 Å². The summed E-state index contributed by atoms with van der Waals surface area (Å²) in [5.41, 5.74) is 3.85. The molecule has 2 rings (SSSR count). The molecule has 148 valence electrons. The van der Waals surface area contributed by atoms with Crippen molar-refractivity contribution in [2.45, 2.75) is 26.7 Å². The highest BCUT2D eigenvalue weighted by molar-refractivity contribution is 6.36. The molecular formula is C19H19ClN2O6. The van der Waals surface area contributed by atoms with E-state index in [-0.39, 0.29) is 29.4 Å². The van der Waals surface area contributed by atoms with Gasteiger partial charge in [0.25, 0.3) is 5.91 Å². The summed E-state index contributed by atoms with van der Waals surface area (Å²) >= 11 is 6.37. The van der Waals surface area contributed by atoms with Crippen LogP contribution in [0.25, 0.3) is 0 Å². The van der Waals surface area contributed by atoms with Gasteiger partial charge >= 0.3 is 11.7 Å². The lowest BCUT2D eigenvalue weighted by molar-refractivity contribution is -0.386. The molecular weight excluding hydrogens is 388 g/mol. The molecule has 0 atom stereocenters. The molecule has 0 aliphatic heterocycles. The number of carbonyl (C=O) groups excluding carboxylic acids is 2. The van der Waals surface area contributed by atoms with Crippen LogP contribution in [0.5, 0.6) is 11.5 Å². The maximum Gasteiger partial charge on any atom is 0.346 e. The topological polar surface area (TPSA) is 122 Å². The van der Waals surface area contributed by atoms with Gasteiger partial charge in [-0.25, -0.2) is 4.79 Å². The maximum absolute atomic E-state index is 12.5. The molecule has 0 unspecified atom stereocenters. The molecule has 0 saturated carbocycles. The van der Waals surface area contributed by atoms with Gasteiger partial charge in [-0.3, -0.25) is 14.9 Å². The number of benzene rings is 2. The van der Waals surface area contributed by atoms with Crippen molar-refractivity contribution < 1.29 is 24.0 Å². The van der Waals surface area contributed by atoms with Gasteiger partial charge in [-0.15, -0.1) is 0 Å². The number of nitrogens with zero attached hydrogens (tertiary/aromatic N) is 1. The first-order valence-corrected chi connectivity index (χ1v) is 8.93. The number of primary amides is 1. The van der Waals surface area contributed by atoms with E-state index < -0.39 is 33.6 Å². The largest absolute Gasteiger partial charge is 0.462 e. The summed E-state index contributed by atoms with van der Waals surface area (Å²) in [7, 11) is 0. The van der Waals surface area contributed by atoms with Crippen molar-refractivity contribution in [2.75, 3.05) is 6.61 Å². The van der Waals surface area contributed by atoms with E-state index in [1.54, 1.807) is 30.3 Å². The van der Waals surface area contributed by atoms with Crippen LogP contribution in [0.4, 0.5) is 5.69 Å². The van der Waals surface area contributed by atoms with Crippen LogP contribution < -0.4 is 10.5 Å². The number of hydrogen-bond acceptors (Lipinski definition) is 6. The molecule has 28 heavy (non-hydrogen) atoms. The summed E-state index contributed by atoms with van der Waals surface area (Å²) in [4.78, 5) is 35.6. The molecule has 0 fully saturated rings. The van der Waals surface area contributed by atoms with Crippen molar-refractivity contribution in [3.8, 4) is 11.5 Å². The summed E-state index contributed by atoms with van der Waals surface area (Å²) in [6, 6.07) is 8.32. The molecule has 8 nitrogen and oxygen atoms in total. The van der Waals surface area contributed by atoms with Crippen LogP contribution in [0.2, 0.25) is 5.02 Å². The van der Waals surface area contributed by atoms with Gasteiger partial charge < -0.3 is 15.2 Å². The van der Waals surface area contributed by atoms with Crippen molar-refractivity contribution in [3.05, 3.63) is 62.2 Å². The Balaban J connectivity index is 2.92. The fraction of sp³-hybridized carbons (Fsp3) is 0.263. The average Bonchev–Trinajstić information content (AvgIpc) is 2.64. The number of halogens is 1. The SMILES string of the molecule is CCCc1c(Cl)c(C(N)=O)c(C(=O)OCC)c([N+](=O)[O-])c1Oc1ccccc1. The molecule has 2 aromatic carbocycles. The Morgan fingerprint density at radius 3 is 2.32 bits per heavy atom. The molecule has 2 N–H and O–H groups in total. The van der Waals surface area contributed by atoms with Gasteiger partial charge in [0.2, 0.25) is 5.75 Å². The van der Waals surface area contributed by atoms with Crippen LogP contribution in [0, 0.1) is 10.1 Å². The first-order chi connectivity index (χ1) is 13.3. The summed E-state index contributed by atoms with van der Waals surface area (Å²) < 4.78 is 10.7. The molecule has 0 aliphatic rings. The molecule has 1 amide bonds. The zero-order valence-corrected chi connectivity index (χ0v) is 16.1. The van der Waals surface area contributed by atoms with Gasteiger partial charge in [-0.1, -0.05) is 43.1 Å². The Hall–Kier alpha value is -3.13. The Labute approximate surface area is 166 Å². The summed E-state index contributed by atoms with van der Waals surface area (Å²) in [5.74, 6) is -2.05. The van der Waals surface area contributed by atoms with Crippen molar-refractivity contribution in [2.24, 2.45) is 5.73 Å². The third-order valence-corrected chi connectivity index (χ3v) is 4.25. The van der Waals surface area contributed by atoms with E-state index >= 15 is 0 Å². The Morgan fingerprint density at radius 2 is 1.82 bits per heavy atom. The van der Waals surface area contributed by atoms with E-state index in [4.69, 9.17) is 26.8 Å². The number of esters is 1. The van der Waals surface area contributed by atoms with E-state index in [1.165, 1.54) is 6.92 Å². The molecule has 0 radical (unpaired) electrons. The second kappa shape index (κ2) is 9.18. The quantitative estimate of drug-likeness (QED) is 0.397. The van der Waals surface area contributed by atoms with Crippen LogP contribution in [0.1, 0.15) is 46.5 Å². The summed E-state index contributed by atoms with van der Waals surface area (Å²) in [5, 5.41) is 11.7. The van der Waals surface area contributed by atoms with Crippen molar-refractivity contribution >= 4 is 29.2 Å². The van der Waals surface area contributed by atoms with Crippen LogP contribution in [0.15, 0.2) is 30.3 Å². The fourth-order valence-corrected chi connectivity index (χ4v) is 3.10. The Bertz CT molecular complexity index is 915. The second-order valence-electron chi connectivity index (χ2n) is 5.73. The minimum atomic E-state index is -1.08. The van der Waals surface area contributed by atoms with Crippen LogP contribution in [0.3, 0.4) is 0 Å². The minimum absolute atomic E-state index is 0.0581. The van der Waals surface area contributed by atoms with Gasteiger partial charge in [0.05, 0.1) is 22.1 Å². The lowest BCUT2D eigenvalue weighted by Crippen LogP contribution is -2.21. The van der Waals surface area contributed by atoms with Gasteiger partial charge in [-0.05, 0) is 25.5 Å². The van der Waals surface area contributed by atoms with Crippen molar-refractivity contribution in [1.29, 1.82) is 0 Å². The highest BCUT2D eigenvalue weighted by atomic mass is 35.5. The molecule has 2 aromatic rings. The van der Waals surface area contributed by atoms with Crippen LogP contribution >= 0.6 is 11.6 Å². The average molecular weight is 407 g/mol. The van der Waals surface area contributed by atoms with Crippen LogP contribution in [-0.4, -0.2) is 23.4 Å². The lowest BCUT2D eigenvalue weighted by atomic mass is 9.96. The Kier molecular flexibility index (Phi) is 6.94. The van der Waals surface area contributed by atoms with E-state index in [1.807, 2.05) is 6.92 Å². The first-order valence-electron chi connectivity index (χ1n) is 8.55. The zero-order chi connectivity index (χ0) is 20.8. The minimum Gasteiger partial charge on any atom is -0.462 e. The monoisotopic (exact) mass is 406 g/mol. The number of rotatable bonds is 8. The van der Waals surface area contributed by atoms with Crippen molar-refractivity contribution in [1.82, 2.24) is 0 Å². The molecule has 0 bridgehead atoms. The van der Waals surface area contributed by atoms with E-state index in [2.05, 4.69) is 0 Å². The third kappa shape index (κ3) is 4.23. The molecule has 0 saturated heterocycles. The van der Waals surface area contributed by atoms with Gasteiger partial charge in [0, 0.05) is 5.56 Å². The standard InChI is InChI=1S/C19H19ClN2O6/c1-3-8-12-15(20)13(18(21)23)14(19(24)27-4-2)16(22(25)26)17(12)28-11-9-6-5-7-10-11/h5-7,9-10H,3-4,8H2,1-2H3,(H2,21,23). The number of nitro benzene ring substituents is 1. The third-order valence-electron chi connectivity index (χ3n) is 3.83. The number of amides is 1. The number of nitrogens with two attached hydrogens (primary N) is 1. The molecule has 9 heteroatoms. The number of nitro groups is 1. The van der Waals surface area contributed by atoms with Crippen molar-refractivity contribution in [3.63, 3.8) is 0 Å². The van der Waals surface area contributed by atoms with Gasteiger partial charge in [0.1, 0.15) is 5.75 Å². The highest BCUT2D eigenvalue weighted by Gasteiger charge is 2.38. The highest BCUT2D eigenvalue weighted by Crippen LogP contribution is 2.45. The van der Waals surface area contributed by atoms with Crippen LogP contribution in [-0.2, 0) is 11.2 Å². The number of carbonyl (C=O) groups is 2. The number of para-hydroxylation sites is 1. The molecule has 0 spiro atoms. The normalized spacial score (nSPS) is 10.4. The first kappa shape index (κ1) is 21.2. The lowest BCUT2D eigenvalue weighted by Gasteiger charge is -2.18. The molecule has 0 aliphatic carbocycles. The second-order valence-corrected chi connectivity index (χ2v) is 6.11. The summed E-state index contributed by atoms with van der Waals surface area (Å²) in [6.07, 6.45) is 0.824. The molecule has 0 aromatic heterocycles. The zero-order valence-electron chi connectivity index (χ0n) is 15.4. The molecule has 0 heterocycles.